The van der Waals surface area contributed by atoms with E-state index >= 15 is 0 Å². The van der Waals surface area contributed by atoms with Crippen LogP contribution in [0.15, 0.2) is 54.7 Å². The van der Waals surface area contributed by atoms with E-state index in [4.69, 9.17) is 5.73 Å². The van der Waals surface area contributed by atoms with Gasteiger partial charge in [-0.15, -0.1) is 0 Å². The van der Waals surface area contributed by atoms with E-state index in [1.807, 2.05) is 38.1 Å². The zero-order valence-corrected chi connectivity index (χ0v) is 19.5. The number of piperidine rings is 1. The fourth-order valence-electron chi connectivity index (χ4n) is 4.16. The summed E-state index contributed by atoms with van der Waals surface area (Å²) < 4.78 is 0. The number of nitrogens with two attached hydrogens (primary N) is 1. The first-order valence-corrected chi connectivity index (χ1v) is 11.7. The molecule has 4 rings (SSSR count). The molecule has 6 heteroatoms. The van der Waals surface area contributed by atoms with E-state index in [0.717, 1.165) is 29.8 Å². The van der Waals surface area contributed by atoms with E-state index in [1.54, 1.807) is 6.20 Å². The summed E-state index contributed by atoms with van der Waals surface area (Å²) in [5, 5.41) is 12.8. The van der Waals surface area contributed by atoms with Crippen molar-refractivity contribution in [1.82, 2.24) is 14.9 Å². The van der Waals surface area contributed by atoms with Crippen molar-refractivity contribution in [1.29, 1.82) is 5.26 Å². The average Bonchev–Trinajstić information content (AvgIpc) is 2.84. The number of anilines is 2. The number of likely N-dealkylation sites (tertiary alicyclic amines) is 1. The summed E-state index contributed by atoms with van der Waals surface area (Å²) >= 11 is 0. The minimum absolute atomic E-state index is 0.422. The molecule has 1 aromatic heterocycles. The molecule has 2 aromatic carbocycles. The highest BCUT2D eigenvalue weighted by atomic mass is 15.1. The lowest BCUT2D eigenvalue weighted by atomic mass is 9.94. The number of nitrogens with zero attached hydrogens (tertiary/aromatic N) is 4. The summed E-state index contributed by atoms with van der Waals surface area (Å²) in [6.07, 6.45) is 6.65. The van der Waals surface area contributed by atoms with Crippen molar-refractivity contribution >= 4 is 11.6 Å². The lowest BCUT2D eigenvalue weighted by Crippen LogP contribution is -2.31. The van der Waals surface area contributed by atoms with Crippen LogP contribution in [0.4, 0.5) is 11.6 Å². The molecule has 0 spiro atoms. The number of benzene rings is 2. The molecule has 170 valence electrons. The maximum atomic E-state index is 9.55. The quantitative estimate of drug-likeness (QED) is 0.538. The van der Waals surface area contributed by atoms with E-state index in [-0.39, 0.29) is 0 Å². The molecule has 0 aliphatic carbocycles. The van der Waals surface area contributed by atoms with Gasteiger partial charge in [0.25, 0.3) is 0 Å². The number of nitriles is 1. The van der Waals surface area contributed by atoms with Gasteiger partial charge >= 0.3 is 0 Å². The molecule has 3 N–H and O–H groups in total. The van der Waals surface area contributed by atoms with Crippen molar-refractivity contribution in [2.45, 2.75) is 45.1 Å². The molecule has 0 saturated carbocycles. The number of hydrogen-bond donors (Lipinski definition) is 2. The van der Waals surface area contributed by atoms with Crippen molar-refractivity contribution in [3.8, 4) is 17.3 Å². The number of aromatic nitrogens is 2. The predicted molar refractivity (Wildman–Crippen MR) is 133 cm³/mol. The first-order chi connectivity index (χ1) is 15.9. The Hall–Kier alpha value is -3.27. The molecule has 0 bridgehead atoms. The van der Waals surface area contributed by atoms with Crippen molar-refractivity contribution in [3.63, 3.8) is 0 Å². The van der Waals surface area contributed by atoms with Gasteiger partial charge in [0.05, 0.1) is 17.5 Å². The Bertz CT molecular complexity index is 1100. The Balaban J connectivity index is 1.45. The maximum absolute atomic E-state index is 9.55. The summed E-state index contributed by atoms with van der Waals surface area (Å²) in [5.41, 5.74) is 10.9. The summed E-state index contributed by atoms with van der Waals surface area (Å²) in [7, 11) is 0. The van der Waals surface area contributed by atoms with Gasteiger partial charge in [0.15, 0.2) is 0 Å². The Morgan fingerprint density at radius 3 is 2.36 bits per heavy atom. The van der Waals surface area contributed by atoms with Crippen LogP contribution in [0.5, 0.6) is 0 Å². The first kappa shape index (κ1) is 22.9. The molecule has 1 aliphatic heterocycles. The monoisotopic (exact) mass is 440 g/mol. The fourth-order valence-corrected chi connectivity index (χ4v) is 4.16. The van der Waals surface area contributed by atoms with Crippen LogP contribution in [-0.4, -0.2) is 34.5 Å². The van der Waals surface area contributed by atoms with Gasteiger partial charge in [0.1, 0.15) is 6.07 Å². The summed E-state index contributed by atoms with van der Waals surface area (Å²) in [6.45, 7) is 7.51. The number of nitrogens with one attached hydrogen (secondary N) is 1. The van der Waals surface area contributed by atoms with Gasteiger partial charge < -0.3 is 16.0 Å². The molecule has 1 saturated heterocycles. The molecule has 6 nitrogen and oxygen atoms in total. The molecule has 33 heavy (non-hydrogen) atoms. The molecule has 0 unspecified atom stereocenters. The Morgan fingerprint density at radius 1 is 1.03 bits per heavy atom. The molecule has 0 amide bonds. The Kier molecular flexibility index (Phi) is 7.02. The zero-order chi connectivity index (χ0) is 23.3. The van der Waals surface area contributed by atoms with Crippen molar-refractivity contribution in [2.75, 3.05) is 25.0 Å². The summed E-state index contributed by atoms with van der Waals surface area (Å²) in [6, 6.07) is 18.5. The van der Waals surface area contributed by atoms with Crippen LogP contribution < -0.4 is 11.1 Å². The van der Waals surface area contributed by atoms with Crippen molar-refractivity contribution in [3.05, 3.63) is 71.4 Å². The van der Waals surface area contributed by atoms with Gasteiger partial charge in [-0.25, -0.2) is 9.97 Å². The van der Waals surface area contributed by atoms with Crippen molar-refractivity contribution < 1.29 is 0 Å². The van der Waals surface area contributed by atoms with Crippen LogP contribution in [-0.2, 0) is 12.0 Å². The van der Waals surface area contributed by atoms with Crippen LogP contribution in [0.3, 0.4) is 0 Å². The van der Waals surface area contributed by atoms with Crippen LogP contribution in [0.25, 0.3) is 11.3 Å². The predicted octanol–water partition coefficient (Wildman–Crippen LogP) is 4.98. The van der Waals surface area contributed by atoms with Crippen LogP contribution >= 0.6 is 0 Å². The second-order valence-corrected chi connectivity index (χ2v) is 9.34. The lowest BCUT2D eigenvalue weighted by molar-refractivity contribution is 0.231. The van der Waals surface area contributed by atoms with E-state index in [0.29, 0.717) is 17.2 Å². The third kappa shape index (κ3) is 5.95. The van der Waals surface area contributed by atoms with Crippen LogP contribution in [0.1, 0.15) is 49.8 Å². The second-order valence-electron chi connectivity index (χ2n) is 9.34. The van der Waals surface area contributed by atoms with Gasteiger partial charge in [-0.2, -0.15) is 5.26 Å². The number of hydrogen-bond acceptors (Lipinski definition) is 6. The van der Waals surface area contributed by atoms with Crippen LogP contribution in [0, 0.1) is 11.3 Å². The Labute approximate surface area is 196 Å². The summed E-state index contributed by atoms with van der Waals surface area (Å²) in [4.78, 5) is 11.5. The highest BCUT2D eigenvalue weighted by molar-refractivity contribution is 5.68. The largest absolute Gasteiger partial charge is 0.324 e. The molecule has 0 atom stereocenters. The molecular formula is C27H32N6. The normalized spacial score (nSPS) is 14.6. The van der Waals surface area contributed by atoms with Crippen molar-refractivity contribution in [2.24, 2.45) is 5.73 Å². The zero-order valence-electron chi connectivity index (χ0n) is 19.5. The van der Waals surface area contributed by atoms with E-state index < -0.39 is 5.54 Å². The third-order valence-corrected chi connectivity index (χ3v) is 6.19. The highest BCUT2D eigenvalue weighted by Gasteiger charge is 2.15. The Morgan fingerprint density at radius 2 is 1.73 bits per heavy atom. The SMILES string of the molecule is CC(C)(N)c1ccc(-c2nc(Nc3ccc(CCN4CCCCC4)cc3)ncc2C#N)cc1. The van der Waals surface area contributed by atoms with E-state index in [9.17, 15) is 5.26 Å². The van der Waals surface area contributed by atoms with Gasteiger partial charge in [0.2, 0.25) is 5.95 Å². The van der Waals surface area contributed by atoms with E-state index in [2.05, 4.69) is 50.5 Å². The average molecular weight is 441 g/mol. The van der Waals surface area contributed by atoms with Gasteiger partial charge in [-0.3, -0.25) is 0 Å². The molecule has 3 aromatic rings. The third-order valence-electron chi connectivity index (χ3n) is 6.19. The van der Waals surface area contributed by atoms with E-state index in [1.165, 1.54) is 37.9 Å². The summed E-state index contributed by atoms with van der Waals surface area (Å²) in [5.74, 6) is 0.466. The van der Waals surface area contributed by atoms with Gasteiger partial charge in [-0.05, 0) is 69.5 Å². The smallest absolute Gasteiger partial charge is 0.227 e. The highest BCUT2D eigenvalue weighted by Crippen LogP contribution is 2.26. The topological polar surface area (TPSA) is 90.9 Å². The fraction of sp³-hybridized carbons (Fsp3) is 0.370. The molecule has 2 heterocycles. The van der Waals surface area contributed by atoms with Gasteiger partial charge in [-0.1, -0.05) is 42.8 Å². The minimum Gasteiger partial charge on any atom is -0.324 e. The van der Waals surface area contributed by atoms with Crippen LogP contribution in [0.2, 0.25) is 0 Å². The molecule has 1 fully saturated rings. The number of rotatable bonds is 7. The maximum Gasteiger partial charge on any atom is 0.227 e. The molecule has 1 aliphatic rings. The first-order valence-electron chi connectivity index (χ1n) is 11.7. The minimum atomic E-state index is -0.422. The molecular weight excluding hydrogens is 408 g/mol. The second kappa shape index (κ2) is 10.1. The standard InChI is InChI=1S/C27H32N6/c1-27(2,29)23-10-8-21(9-11-23)25-22(18-28)19-30-26(32-25)31-24-12-6-20(7-13-24)14-17-33-15-4-3-5-16-33/h6-13,19H,3-5,14-17,29H2,1-2H3,(H,30,31,32). The lowest BCUT2D eigenvalue weighted by Gasteiger charge is -2.26. The molecule has 0 radical (unpaired) electrons. The van der Waals surface area contributed by atoms with Gasteiger partial charge in [0, 0.05) is 23.3 Å².